The van der Waals surface area contributed by atoms with Gasteiger partial charge in [0.1, 0.15) is 0 Å². The third kappa shape index (κ3) is 5.59. The number of ether oxygens (including phenoxy) is 1. The Morgan fingerprint density at radius 1 is 1.25 bits per heavy atom. The number of carbonyl (C=O) groups excluding carboxylic acids is 2. The van der Waals surface area contributed by atoms with Crippen LogP contribution in [0.25, 0.3) is 0 Å². The summed E-state index contributed by atoms with van der Waals surface area (Å²) < 4.78 is 4.80. The molecule has 5 N–H and O–H groups in total. The number of anilines is 1. The molecule has 0 bridgehead atoms. The molecule has 0 aliphatic rings. The van der Waals surface area contributed by atoms with Gasteiger partial charge in [0.25, 0.3) is 5.91 Å². The zero-order valence-corrected chi connectivity index (χ0v) is 11.2. The van der Waals surface area contributed by atoms with Gasteiger partial charge in [0.15, 0.2) is 11.5 Å². The van der Waals surface area contributed by atoms with Gasteiger partial charge in [0.05, 0.1) is 6.61 Å². The Morgan fingerprint density at radius 2 is 2.05 bits per heavy atom. The van der Waals surface area contributed by atoms with E-state index in [0.29, 0.717) is 19.0 Å². The first-order valence-corrected chi connectivity index (χ1v) is 6.01. The summed E-state index contributed by atoms with van der Waals surface area (Å²) in [7, 11) is 1.55. The number of methoxy groups -OCH3 is 1. The van der Waals surface area contributed by atoms with Crippen LogP contribution in [0.4, 0.5) is 5.82 Å². The number of amides is 2. The Kier molecular flexibility index (Phi) is 6.93. The maximum Gasteiger partial charge on any atom is 0.271 e. The van der Waals surface area contributed by atoms with Crippen molar-refractivity contribution < 1.29 is 14.3 Å². The number of carbonyl (C=O) groups is 2. The molecular weight excluding hydrogens is 264 g/mol. The van der Waals surface area contributed by atoms with Crippen LogP contribution in [-0.4, -0.2) is 48.8 Å². The van der Waals surface area contributed by atoms with Crippen molar-refractivity contribution in [3.8, 4) is 0 Å². The maximum absolute atomic E-state index is 11.7. The van der Waals surface area contributed by atoms with E-state index in [2.05, 4.69) is 26.3 Å². The summed E-state index contributed by atoms with van der Waals surface area (Å²) in [6.45, 7) is 1.12. The first kappa shape index (κ1) is 15.8. The highest BCUT2D eigenvalue weighted by Crippen LogP contribution is 1.99. The molecule has 0 radical (unpaired) electrons. The fraction of sp³-hybridized carbons (Fsp3) is 0.455. The molecule has 0 aliphatic heterocycles. The van der Waals surface area contributed by atoms with E-state index in [1.165, 1.54) is 12.1 Å². The molecule has 0 aliphatic carbocycles. The number of hydrazine groups is 1. The average Bonchev–Trinajstić information content (AvgIpc) is 2.47. The van der Waals surface area contributed by atoms with Gasteiger partial charge in [-0.05, 0) is 12.1 Å². The van der Waals surface area contributed by atoms with E-state index < -0.39 is 5.91 Å². The molecule has 0 atom stereocenters. The number of rotatable bonds is 8. The predicted octanol–water partition coefficient (Wildman–Crippen LogP) is -1.36. The second kappa shape index (κ2) is 8.77. The summed E-state index contributed by atoms with van der Waals surface area (Å²) in [5.74, 6) is 4.94. The van der Waals surface area contributed by atoms with Crippen molar-refractivity contribution in [2.24, 2.45) is 5.84 Å². The first-order chi connectivity index (χ1) is 9.67. The predicted molar refractivity (Wildman–Crippen MR) is 71.7 cm³/mol. The molecule has 0 unspecified atom stereocenters. The zero-order chi connectivity index (χ0) is 14.8. The first-order valence-electron chi connectivity index (χ1n) is 6.01. The number of nitrogen functional groups attached to an aromatic ring is 1. The number of nitrogens with zero attached hydrogens (tertiary/aromatic N) is 2. The lowest BCUT2D eigenvalue weighted by Gasteiger charge is -2.06. The van der Waals surface area contributed by atoms with Gasteiger partial charge in [-0.1, -0.05) is 0 Å². The number of aromatic nitrogens is 2. The van der Waals surface area contributed by atoms with E-state index >= 15 is 0 Å². The number of nitrogens with one attached hydrogen (secondary N) is 3. The third-order valence-corrected chi connectivity index (χ3v) is 2.31. The molecule has 1 aromatic rings. The lowest BCUT2D eigenvalue weighted by molar-refractivity contribution is -0.121. The molecule has 2 amide bonds. The van der Waals surface area contributed by atoms with Crippen molar-refractivity contribution in [2.75, 3.05) is 32.2 Å². The van der Waals surface area contributed by atoms with Gasteiger partial charge in [0.2, 0.25) is 5.91 Å². The van der Waals surface area contributed by atoms with Gasteiger partial charge in [-0.25, -0.2) is 5.84 Å². The number of hydrogen-bond acceptors (Lipinski definition) is 7. The van der Waals surface area contributed by atoms with Crippen LogP contribution in [0, 0.1) is 0 Å². The second-order valence-electron chi connectivity index (χ2n) is 3.80. The Labute approximate surface area is 116 Å². The van der Waals surface area contributed by atoms with Crippen molar-refractivity contribution in [3.05, 3.63) is 17.8 Å². The standard InChI is InChI=1S/C11H18N6O3/c1-20-7-6-13-10(18)4-5-14-11(19)8-2-3-9(15-12)17-16-8/h2-3H,4-7,12H2,1H3,(H,13,18)(H,14,19)(H,15,17). The smallest absolute Gasteiger partial charge is 0.271 e. The molecule has 1 heterocycles. The van der Waals surface area contributed by atoms with Crippen molar-refractivity contribution in [2.45, 2.75) is 6.42 Å². The van der Waals surface area contributed by atoms with Crippen LogP contribution in [0.15, 0.2) is 12.1 Å². The van der Waals surface area contributed by atoms with E-state index in [0.717, 1.165) is 0 Å². The SMILES string of the molecule is COCCNC(=O)CCNC(=O)c1ccc(NN)nn1. The van der Waals surface area contributed by atoms with E-state index in [1.807, 2.05) is 0 Å². The van der Waals surface area contributed by atoms with E-state index in [4.69, 9.17) is 10.6 Å². The van der Waals surface area contributed by atoms with Gasteiger partial charge in [-0.3, -0.25) is 9.59 Å². The third-order valence-electron chi connectivity index (χ3n) is 2.31. The molecular formula is C11H18N6O3. The van der Waals surface area contributed by atoms with Crippen molar-refractivity contribution in [1.29, 1.82) is 0 Å². The molecule has 20 heavy (non-hydrogen) atoms. The quantitative estimate of drug-likeness (QED) is 0.263. The summed E-state index contributed by atoms with van der Waals surface area (Å²) in [5.41, 5.74) is 2.46. The van der Waals surface area contributed by atoms with Crippen molar-refractivity contribution in [1.82, 2.24) is 20.8 Å². The summed E-state index contributed by atoms with van der Waals surface area (Å²) >= 11 is 0. The van der Waals surface area contributed by atoms with Crippen LogP contribution in [-0.2, 0) is 9.53 Å². The molecule has 0 saturated carbocycles. The van der Waals surface area contributed by atoms with Crippen LogP contribution >= 0.6 is 0 Å². The second-order valence-corrected chi connectivity index (χ2v) is 3.80. The maximum atomic E-state index is 11.7. The van der Waals surface area contributed by atoms with Gasteiger partial charge in [-0.15, -0.1) is 10.2 Å². The molecule has 0 fully saturated rings. The molecule has 0 aromatic carbocycles. The molecule has 9 nitrogen and oxygen atoms in total. The van der Waals surface area contributed by atoms with Crippen molar-refractivity contribution in [3.63, 3.8) is 0 Å². The fourth-order valence-corrected chi connectivity index (χ4v) is 1.29. The van der Waals surface area contributed by atoms with E-state index in [9.17, 15) is 9.59 Å². The summed E-state index contributed by atoms with van der Waals surface area (Å²) in [6.07, 6.45) is 0.186. The molecule has 1 rings (SSSR count). The Hall–Kier alpha value is -2.26. The average molecular weight is 282 g/mol. The van der Waals surface area contributed by atoms with Crippen molar-refractivity contribution >= 4 is 17.6 Å². The molecule has 1 aromatic heterocycles. The highest BCUT2D eigenvalue weighted by atomic mass is 16.5. The lowest BCUT2D eigenvalue weighted by atomic mass is 10.3. The summed E-state index contributed by atoms with van der Waals surface area (Å²) in [6, 6.07) is 3.01. The van der Waals surface area contributed by atoms with Gasteiger partial charge in [0, 0.05) is 26.6 Å². The fourth-order valence-electron chi connectivity index (χ4n) is 1.29. The van der Waals surface area contributed by atoms with Crippen LogP contribution < -0.4 is 21.9 Å². The number of hydrogen-bond donors (Lipinski definition) is 4. The molecule has 0 saturated heterocycles. The summed E-state index contributed by atoms with van der Waals surface area (Å²) in [4.78, 5) is 23.0. The topological polar surface area (TPSA) is 131 Å². The minimum Gasteiger partial charge on any atom is -0.383 e. The largest absolute Gasteiger partial charge is 0.383 e. The minimum absolute atomic E-state index is 0.156. The van der Waals surface area contributed by atoms with Crippen LogP contribution in [0.3, 0.4) is 0 Å². The molecule has 110 valence electrons. The highest BCUT2D eigenvalue weighted by Gasteiger charge is 2.08. The van der Waals surface area contributed by atoms with Gasteiger partial charge >= 0.3 is 0 Å². The monoisotopic (exact) mass is 282 g/mol. The van der Waals surface area contributed by atoms with Crippen LogP contribution in [0.2, 0.25) is 0 Å². The lowest BCUT2D eigenvalue weighted by Crippen LogP contribution is -2.32. The minimum atomic E-state index is -0.397. The Morgan fingerprint density at radius 3 is 2.65 bits per heavy atom. The highest BCUT2D eigenvalue weighted by molar-refractivity contribution is 5.92. The Bertz CT molecular complexity index is 436. The Balaban J connectivity index is 2.27. The molecule has 0 spiro atoms. The van der Waals surface area contributed by atoms with E-state index in [1.54, 1.807) is 7.11 Å². The van der Waals surface area contributed by atoms with E-state index in [-0.39, 0.29) is 24.6 Å². The number of nitrogens with two attached hydrogens (primary N) is 1. The van der Waals surface area contributed by atoms with Crippen LogP contribution in [0.1, 0.15) is 16.9 Å². The zero-order valence-electron chi connectivity index (χ0n) is 11.2. The molecule has 9 heteroatoms. The normalized spacial score (nSPS) is 9.90. The van der Waals surface area contributed by atoms with Crippen LogP contribution in [0.5, 0.6) is 0 Å². The van der Waals surface area contributed by atoms with Gasteiger partial charge in [-0.2, -0.15) is 0 Å². The van der Waals surface area contributed by atoms with Gasteiger partial charge < -0.3 is 20.8 Å². The summed E-state index contributed by atoms with van der Waals surface area (Å²) in [5, 5.41) is 12.6.